The van der Waals surface area contributed by atoms with Crippen molar-refractivity contribution in [3.8, 4) is 0 Å². The van der Waals surface area contributed by atoms with Gasteiger partial charge in [-0.15, -0.1) is 0 Å². The van der Waals surface area contributed by atoms with Crippen molar-refractivity contribution in [2.24, 2.45) is 0 Å². The quantitative estimate of drug-likeness (QED) is 0.470. The Balaban J connectivity index is 2.59. The molecule has 52 valence electrons. The fraction of sp³-hybridized carbons (Fsp3) is 0.778. The first-order chi connectivity index (χ1) is 4.34. The van der Waals surface area contributed by atoms with Crippen molar-refractivity contribution in [2.45, 2.75) is 46.0 Å². The zero-order chi connectivity index (χ0) is 6.69. The highest BCUT2D eigenvalue weighted by molar-refractivity contribution is 5.13. The molecule has 0 bridgehead atoms. The molecule has 0 aromatic rings. The molecule has 0 atom stereocenters. The van der Waals surface area contributed by atoms with Gasteiger partial charge in [0.15, 0.2) is 0 Å². The SMILES string of the molecule is CCC1=C(C)CCCC1. The highest BCUT2D eigenvalue weighted by Gasteiger charge is 2.05. The maximum atomic E-state index is 2.29. The minimum absolute atomic E-state index is 1.28. The summed E-state index contributed by atoms with van der Waals surface area (Å²) in [6.45, 7) is 4.56. The highest BCUT2D eigenvalue weighted by Crippen LogP contribution is 2.25. The second-order valence-electron chi connectivity index (χ2n) is 2.94. The van der Waals surface area contributed by atoms with Crippen molar-refractivity contribution in [3.05, 3.63) is 11.1 Å². The molecule has 1 rings (SSSR count). The summed E-state index contributed by atoms with van der Waals surface area (Å²) < 4.78 is 0. The van der Waals surface area contributed by atoms with Gasteiger partial charge in [-0.1, -0.05) is 18.1 Å². The van der Waals surface area contributed by atoms with E-state index < -0.39 is 0 Å². The largest absolute Gasteiger partial charge is 0.0741 e. The van der Waals surface area contributed by atoms with Crippen LogP contribution in [0.4, 0.5) is 0 Å². The van der Waals surface area contributed by atoms with Crippen LogP contribution in [-0.2, 0) is 0 Å². The summed E-state index contributed by atoms with van der Waals surface area (Å²) in [5.74, 6) is 0. The molecule has 0 fully saturated rings. The number of rotatable bonds is 1. The van der Waals surface area contributed by atoms with Gasteiger partial charge in [-0.25, -0.2) is 0 Å². The molecule has 1 aliphatic rings. The third-order valence-corrected chi connectivity index (χ3v) is 2.31. The van der Waals surface area contributed by atoms with Crippen molar-refractivity contribution in [1.82, 2.24) is 0 Å². The second-order valence-corrected chi connectivity index (χ2v) is 2.94. The summed E-state index contributed by atoms with van der Waals surface area (Å²) in [5.41, 5.74) is 3.39. The van der Waals surface area contributed by atoms with Gasteiger partial charge in [0, 0.05) is 0 Å². The zero-order valence-electron chi connectivity index (χ0n) is 6.54. The Bertz CT molecular complexity index is 120. The van der Waals surface area contributed by atoms with E-state index in [2.05, 4.69) is 13.8 Å². The predicted octanol–water partition coefficient (Wildman–Crippen LogP) is 3.29. The molecule has 9 heavy (non-hydrogen) atoms. The molecule has 0 spiro atoms. The molecule has 0 aromatic heterocycles. The fourth-order valence-electron chi connectivity index (χ4n) is 1.60. The van der Waals surface area contributed by atoms with Gasteiger partial charge in [0.05, 0.1) is 0 Å². The molecule has 0 aliphatic heterocycles. The van der Waals surface area contributed by atoms with Crippen LogP contribution in [0.3, 0.4) is 0 Å². The molecule has 0 saturated heterocycles. The average Bonchev–Trinajstić information content (AvgIpc) is 1.89. The number of allylic oxidation sites excluding steroid dienone is 2. The summed E-state index contributed by atoms with van der Waals surface area (Å²) in [6, 6.07) is 0. The van der Waals surface area contributed by atoms with Crippen molar-refractivity contribution >= 4 is 0 Å². The summed E-state index contributed by atoms with van der Waals surface area (Å²) in [5, 5.41) is 0. The predicted molar refractivity (Wildman–Crippen MR) is 41.5 cm³/mol. The lowest BCUT2D eigenvalue weighted by Gasteiger charge is -2.15. The average molecular weight is 124 g/mol. The van der Waals surface area contributed by atoms with Crippen molar-refractivity contribution in [3.63, 3.8) is 0 Å². The van der Waals surface area contributed by atoms with Gasteiger partial charge in [-0.2, -0.15) is 0 Å². The normalized spacial score (nSPS) is 20.7. The van der Waals surface area contributed by atoms with Gasteiger partial charge in [0.1, 0.15) is 0 Å². The number of hydrogen-bond acceptors (Lipinski definition) is 0. The second kappa shape index (κ2) is 3.05. The summed E-state index contributed by atoms with van der Waals surface area (Å²) in [7, 11) is 0. The van der Waals surface area contributed by atoms with E-state index in [1.54, 1.807) is 11.1 Å². The summed E-state index contributed by atoms with van der Waals surface area (Å²) >= 11 is 0. The highest BCUT2D eigenvalue weighted by atomic mass is 14.1. The lowest BCUT2D eigenvalue weighted by atomic mass is 9.91. The van der Waals surface area contributed by atoms with Gasteiger partial charge < -0.3 is 0 Å². The first kappa shape index (κ1) is 6.85. The molecular formula is C9H16. The van der Waals surface area contributed by atoms with E-state index in [1.165, 1.54) is 32.1 Å². The lowest BCUT2D eigenvalue weighted by Crippen LogP contribution is -1.95. The third kappa shape index (κ3) is 1.57. The molecule has 0 aromatic carbocycles. The molecule has 0 N–H and O–H groups in total. The van der Waals surface area contributed by atoms with Crippen molar-refractivity contribution < 1.29 is 0 Å². The Kier molecular flexibility index (Phi) is 2.32. The molecule has 0 nitrogen and oxygen atoms in total. The van der Waals surface area contributed by atoms with Gasteiger partial charge in [-0.3, -0.25) is 0 Å². The topological polar surface area (TPSA) is 0 Å². The van der Waals surface area contributed by atoms with Crippen LogP contribution in [0.25, 0.3) is 0 Å². The van der Waals surface area contributed by atoms with E-state index in [4.69, 9.17) is 0 Å². The van der Waals surface area contributed by atoms with E-state index >= 15 is 0 Å². The smallest absolute Gasteiger partial charge is 0.0318 e. The summed E-state index contributed by atoms with van der Waals surface area (Å²) in [6.07, 6.45) is 6.88. The van der Waals surface area contributed by atoms with Crippen LogP contribution in [0, 0.1) is 0 Å². The molecule has 1 aliphatic carbocycles. The minimum atomic E-state index is 1.28. The Hall–Kier alpha value is -0.260. The molecule has 0 unspecified atom stereocenters. The lowest BCUT2D eigenvalue weighted by molar-refractivity contribution is 0.656. The summed E-state index contributed by atoms with van der Waals surface area (Å²) in [4.78, 5) is 0. The Morgan fingerprint density at radius 2 is 1.89 bits per heavy atom. The van der Waals surface area contributed by atoms with E-state index in [-0.39, 0.29) is 0 Å². The zero-order valence-corrected chi connectivity index (χ0v) is 6.54. The van der Waals surface area contributed by atoms with Gasteiger partial charge in [0.25, 0.3) is 0 Å². The van der Waals surface area contributed by atoms with Crippen LogP contribution in [-0.4, -0.2) is 0 Å². The van der Waals surface area contributed by atoms with Crippen LogP contribution < -0.4 is 0 Å². The van der Waals surface area contributed by atoms with Crippen LogP contribution in [0.2, 0.25) is 0 Å². The third-order valence-electron chi connectivity index (χ3n) is 2.31. The minimum Gasteiger partial charge on any atom is -0.0741 e. The first-order valence-corrected chi connectivity index (χ1v) is 4.02. The Morgan fingerprint density at radius 1 is 1.22 bits per heavy atom. The first-order valence-electron chi connectivity index (χ1n) is 4.02. The van der Waals surface area contributed by atoms with Gasteiger partial charge >= 0.3 is 0 Å². The molecule has 0 saturated carbocycles. The van der Waals surface area contributed by atoms with Crippen molar-refractivity contribution in [1.29, 1.82) is 0 Å². The Labute approximate surface area is 58.0 Å². The van der Waals surface area contributed by atoms with Gasteiger partial charge in [-0.05, 0) is 39.0 Å². The fourth-order valence-corrected chi connectivity index (χ4v) is 1.60. The van der Waals surface area contributed by atoms with Crippen LogP contribution in [0.1, 0.15) is 46.0 Å². The van der Waals surface area contributed by atoms with Crippen LogP contribution in [0.5, 0.6) is 0 Å². The Morgan fingerprint density at radius 3 is 2.33 bits per heavy atom. The van der Waals surface area contributed by atoms with E-state index in [1.807, 2.05) is 0 Å². The van der Waals surface area contributed by atoms with E-state index in [9.17, 15) is 0 Å². The molecule has 0 radical (unpaired) electrons. The monoisotopic (exact) mass is 124 g/mol. The maximum absolute atomic E-state index is 2.29. The van der Waals surface area contributed by atoms with Gasteiger partial charge in [0.2, 0.25) is 0 Å². The molecule has 0 amide bonds. The molecule has 0 heteroatoms. The number of hydrogen-bond donors (Lipinski definition) is 0. The maximum Gasteiger partial charge on any atom is -0.0318 e. The van der Waals surface area contributed by atoms with Crippen LogP contribution >= 0.6 is 0 Å². The molecular weight excluding hydrogens is 108 g/mol. The molecule has 0 heterocycles. The van der Waals surface area contributed by atoms with Crippen LogP contribution in [0.15, 0.2) is 11.1 Å². The standard InChI is InChI=1S/C9H16/c1-3-9-7-5-4-6-8(9)2/h3-7H2,1-2H3. The van der Waals surface area contributed by atoms with Crippen molar-refractivity contribution in [2.75, 3.05) is 0 Å². The van der Waals surface area contributed by atoms with E-state index in [0.717, 1.165) is 0 Å². The van der Waals surface area contributed by atoms with E-state index in [0.29, 0.717) is 0 Å².